The third-order valence-electron chi connectivity index (χ3n) is 6.09. The largest absolute Gasteiger partial charge is 0.465 e. The summed E-state index contributed by atoms with van der Waals surface area (Å²) in [5, 5.41) is 9.65. The summed E-state index contributed by atoms with van der Waals surface area (Å²) in [7, 11) is 0. The molecule has 7 heteroatoms. The summed E-state index contributed by atoms with van der Waals surface area (Å²) >= 11 is 0. The zero-order valence-electron chi connectivity index (χ0n) is 19.3. The molecule has 0 bridgehead atoms. The summed E-state index contributed by atoms with van der Waals surface area (Å²) in [5.41, 5.74) is 4.73. The Morgan fingerprint density at radius 3 is 2.58 bits per heavy atom. The minimum absolute atomic E-state index is 0.145. The second-order valence-electron chi connectivity index (χ2n) is 8.58. The summed E-state index contributed by atoms with van der Waals surface area (Å²) < 4.78 is 5.06. The monoisotopic (exact) mass is 448 g/mol. The predicted molar refractivity (Wildman–Crippen MR) is 129 cm³/mol. The molecular formula is C26H32N4O3. The van der Waals surface area contributed by atoms with Gasteiger partial charge in [0.05, 0.1) is 19.4 Å². The van der Waals surface area contributed by atoms with Gasteiger partial charge < -0.3 is 10.1 Å². The maximum Gasteiger partial charge on any atom is 0.320 e. The number of rotatable bonds is 7. The maximum atomic E-state index is 12.8. The Morgan fingerprint density at radius 2 is 1.82 bits per heavy atom. The van der Waals surface area contributed by atoms with Crippen LogP contribution < -0.4 is 5.32 Å². The molecule has 0 spiro atoms. The van der Waals surface area contributed by atoms with Crippen molar-refractivity contribution in [3.8, 4) is 0 Å². The van der Waals surface area contributed by atoms with Gasteiger partial charge in [-0.1, -0.05) is 18.2 Å². The molecular weight excluding hydrogens is 416 g/mol. The third-order valence-corrected chi connectivity index (χ3v) is 6.09. The van der Waals surface area contributed by atoms with Gasteiger partial charge in [0.15, 0.2) is 0 Å². The van der Waals surface area contributed by atoms with E-state index < -0.39 is 0 Å². The Hall–Kier alpha value is -3.19. The molecule has 1 saturated heterocycles. The van der Waals surface area contributed by atoms with E-state index in [2.05, 4.69) is 26.4 Å². The van der Waals surface area contributed by atoms with E-state index in [-0.39, 0.29) is 18.4 Å². The summed E-state index contributed by atoms with van der Waals surface area (Å²) in [4.78, 5) is 26.6. The first-order valence-corrected chi connectivity index (χ1v) is 11.8. The van der Waals surface area contributed by atoms with Crippen molar-refractivity contribution in [2.24, 2.45) is 5.10 Å². The van der Waals surface area contributed by atoms with Crippen LogP contribution in [0.25, 0.3) is 0 Å². The number of ether oxygens (including phenoxy) is 1. The van der Waals surface area contributed by atoms with E-state index in [1.165, 1.54) is 24.8 Å². The first kappa shape index (κ1) is 23.0. The molecule has 174 valence electrons. The molecule has 1 fully saturated rings. The standard InChI is InChI=1S/C26H32N4O3/c1-2-33-25(31)19-29-15-12-21-10-11-24(16-23(21)18-29)28-26(32)22-8-6-20(7-9-22)17-27-30-13-4-3-5-14-30/h6-11,16-17H,2-5,12-15,18-19H2,1H3,(H,28,32). The summed E-state index contributed by atoms with van der Waals surface area (Å²) in [6, 6.07) is 13.5. The number of anilines is 1. The molecule has 7 nitrogen and oxygen atoms in total. The molecule has 4 rings (SSSR count). The molecule has 2 aromatic carbocycles. The smallest absolute Gasteiger partial charge is 0.320 e. The molecule has 33 heavy (non-hydrogen) atoms. The average Bonchev–Trinajstić information content (AvgIpc) is 2.83. The van der Waals surface area contributed by atoms with E-state index in [4.69, 9.17) is 4.74 Å². The van der Waals surface area contributed by atoms with Gasteiger partial charge in [0.2, 0.25) is 0 Å². The highest BCUT2D eigenvalue weighted by Crippen LogP contribution is 2.23. The van der Waals surface area contributed by atoms with E-state index in [1.54, 1.807) is 0 Å². The number of hydrogen-bond donors (Lipinski definition) is 1. The number of nitrogens with zero attached hydrogens (tertiary/aromatic N) is 3. The van der Waals surface area contributed by atoms with Crippen LogP contribution in [0.2, 0.25) is 0 Å². The van der Waals surface area contributed by atoms with Crippen molar-refractivity contribution in [1.82, 2.24) is 9.91 Å². The highest BCUT2D eigenvalue weighted by atomic mass is 16.5. The fraction of sp³-hybridized carbons (Fsp3) is 0.423. The van der Waals surface area contributed by atoms with Crippen LogP contribution >= 0.6 is 0 Å². The molecule has 0 saturated carbocycles. The first-order chi connectivity index (χ1) is 16.1. The highest BCUT2D eigenvalue weighted by molar-refractivity contribution is 6.04. The number of carbonyl (C=O) groups excluding carboxylic acids is 2. The normalized spacial score (nSPS) is 16.5. The molecule has 2 aliphatic heterocycles. The lowest BCUT2D eigenvalue weighted by molar-refractivity contribution is -0.144. The molecule has 1 N–H and O–H groups in total. The molecule has 0 atom stereocenters. The van der Waals surface area contributed by atoms with Gasteiger partial charge in [-0.2, -0.15) is 5.10 Å². The Balaban J connectivity index is 1.35. The van der Waals surface area contributed by atoms with Crippen molar-refractivity contribution in [3.05, 3.63) is 64.7 Å². The van der Waals surface area contributed by atoms with Crippen molar-refractivity contribution in [1.29, 1.82) is 0 Å². The molecule has 2 heterocycles. The molecule has 2 aromatic rings. The van der Waals surface area contributed by atoms with Gasteiger partial charge in [0, 0.05) is 37.4 Å². The van der Waals surface area contributed by atoms with E-state index in [0.717, 1.165) is 42.9 Å². The van der Waals surface area contributed by atoms with Crippen LogP contribution in [0, 0.1) is 0 Å². The van der Waals surface area contributed by atoms with Crippen LogP contribution in [0.4, 0.5) is 5.69 Å². The van der Waals surface area contributed by atoms with E-state index in [9.17, 15) is 9.59 Å². The number of amides is 1. The van der Waals surface area contributed by atoms with Crippen LogP contribution in [0.5, 0.6) is 0 Å². The SMILES string of the molecule is CCOC(=O)CN1CCc2ccc(NC(=O)c3ccc(C=NN4CCCCC4)cc3)cc2C1. The van der Waals surface area contributed by atoms with E-state index in [1.807, 2.05) is 49.5 Å². The number of piperidine rings is 1. The summed E-state index contributed by atoms with van der Waals surface area (Å²) in [6.45, 7) is 6.02. The zero-order valence-corrected chi connectivity index (χ0v) is 19.3. The van der Waals surface area contributed by atoms with Crippen molar-refractivity contribution in [2.45, 2.75) is 39.2 Å². The van der Waals surface area contributed by atoms with Gasteiger partial charge in [-0.05, 0) is 73.6 Å². The van der Waals surface area contributed by atoms with Crippen LogP contribution in [0.3, 0.4) is 0 Å². The first-order valence-electron chi connectivity index (χ1n) is 11.8. The lowest BCUT2D eigenvalue weighted by Crippen LogP contribution is -2.35. The van der Waals surface area contributed by atoms with Crippen molar-refractivity contribution >= 4 is 23.8 Å². The fourth-order valence-electron chi connectivity index (χ4n) is 4.28. The predicted octanol–water partition coefficient (Wildman–Crippen LogP) is 3.68. The summed E-state index contributed by atoms with van der Waals surface area (Å²) in [6.07, 6.45) is 6.42. The second-order valence-corrected chi connectivity index (χ2v) is 8.58. The minimum atomic E-state index is -0.199. The Kier molecular flexibility index (Phi) is 7.73. The quantitative estimate of drug-likeness (QED) is 0.517. The number of benzene rings is 2. The lowest BCUT2D eigenvalue weighted by atomic mass is 9.99. The lowest BCUT2D eigenvalue weighted by Gasteiger charge is -2.28. The number of hydrogen-bond acceptors (Lipinski definition) is 6. The highest BCUT2D eigenvalue weighted by Gasteiger charge is 2.19. The van der Waals surface area contributed by atoms with Gasteiger partial charge in [-0.3, -0.25) is 19.5 Å². The maximum absolute atomic E-state index is 12.8. The number of esters is 1. The molecule has 0 aromatic heterocycles. The Bertz CT molecular complexity index is 997. The number of nitrogens with one attached hydrogen (secondary N) is 1. The van der Waals surface area contributed by atoms with Crippen molar-refractivity contribution in [3.63, 3.8) is 0 Å². The van der Waals surface area contributed by atoms with E-state index >= 15 is 0 Å². The van der Waals surface area contributed by atoms with Gasteiger partial charge >= 0.3 is 5.97 Å². The Morgan fingerprint density at radius 1 is 1.03 bits per heavy atom. The Labute approximate surface area is 195 Å². The van der Waals surface area contributed by atoms with E-state index in [0.29, 0.717) is 18.7 Å². The topological polar surface area (TPSA) is 74.2 Å². The molecule has 1 amide bonds. The number of hydrazone groups is 1. The van der Waals surface area contributed by atoms with Gasteiger partial charge in [0.1, 0.15) is 0 Å². The minimum Gasteiger partial charge on any atom is -0.465 e. The van der Waals surface area contributed by atoms with Crippen LogP contribution in [0.15, 0.2) is 47.6 Å². The molecule has 0 unspecified atom stereocenters. The molecule has 2 aliphatic rings. The number of fused-ring (bicyclic) bond motifs is 1. The van der Waals surface area contributed by atoms with Gasteiger partial charge in [-0.25, -0.2) is 0 Å². The van der Waals surface area contributed by atoms with Crippen molar-refractivity contribution < 1.29 is 14.3 Å². The van der Waals surface area contributed by atoms with Crippen LogP contribution in [0.1, 0.15) is 53.2 Å². The average molecular weight is 449 g/mol. The van der Waals surface area contributed by atoms with Crippen LogP contribution in [-0.4, -0.2) is 60.8 Å². The summed E-state index contributed by atoms with van der Waals surface area (Å²) in [5.74, 6) is -0.344. The second kappa shape index (κ2) is 11.1. The van der Waals surface area contributed by atoms with Gasteiger partial charge in [0.25, 0.3) is 5.91 Å². The number of carbonyl (C=O) groups is 2. The molecule has 0 radical (unpaired) electrons. The van der Waals surface area contributed by atoms with Gasteiger partial charge in [-0.15, -0.1) is 0 Å². The fourth-order valence-corrected chi connectivity index (χ4v) is 4.28. The molecule has 0 aliphatic carbocycles. The van der Waals surface area contributed by atoms with Crippen LogP contribution in [-0.2, 0) is 22.5 Å². The van der Waals surface area contributed by atoms with Crippen molar-refractivity contribution in [2.75, 3.05) is 38.1 Å². The third kappa shape index (κ3) is 6.42. The zero-order chi connectivity index (χ0) is 23.0.